The molecule has 0 radical (unpaired) electrons. The van der Waals surface area contributed by atoms with Gasteiger partial charge >= 0.3 is 0 Å². The van der Waals surface area contributed by atoms with Crippen LogP contribution in [0.1, 0.15) is 24.2 Å². The lowest BCUT2D eigenvalue weighted by Crippen LogP contribution is -2.09. The van der Waals surface area contributed by atoms with Crippen molar-refractivity contribution in [3.8, 4) is 5.75 Å². The molecule has 0 spiro atoms. The number of hydrogen-bond donors (Lipinski definition) is 2. The van der Waals surface area contributed by atoms with E-state index in [9.17, 15) is 5.11 Å². The van der Waals surface area contributed by atoms with Crippen molar-refractivity contribution in [3.05, 3.63) is 65.9 Å². The molecule has 5 nitrogen and oxygen atoms in total. The van der Waals surface area contributed by atoms with Crippen molar-refractivity contribution in [2.24, 2.45) is 0 Å². The molecule has 0 unspecified atom stereocenters. The van der Waals surface area contributed by atoms with Crippen molar-refractivity contribution in [1.29, 1.82) is 0 Å². The fraction of sp³-hybridized carbons (Fsp3) is 0.158. The first-order valence-electron chi connectivity index (χ1n) is 7.93. The smallest absolute Gasteiger partial charge is 0.158 e. The SMILES string of the molecule is Cc1cc2nc(N[C@H](C)c3ccccc3O)c3ccccc3n2n1. The first-order valence-corrected chi connectivity index (χ1v) is 7.93. The number of para-hydroxylation sites is 2. The number of hydrogen-bond acceptors (Lipinski definition) is 4. The number of aryl methyl sites for hydroxylation is 1. The van der Waals surface area contributed by atoms with Crippen molar-refractivity contribution in [2.75, 3.05) is 5.32 Å². The zero-order valence-corrected chi connectivity index (χ0v) is 13.6. The van der Waals surface area contributed by atoms with Gasteiger partial charge in [0, 0.05) is 17.0 Å². The Hall–Kier alpha value is -3.08. The van der Waals surface area contributed by atoms with Gasteiger partial charge in [-0.05, 0) is 32.0 Å². The second kappa shape index (κ2) is 5.53. The van der Waals surface area contributed by atoms with E-state index in [0.29, 0.717) is 0 Å². The maximum atomic E-state index is 10.1. The summed E-state index contributed by atoms with van der Waals surface area (Å²) in [5.41, 5.74) is 3.58. The van der Waals surface area contributed by atoms with Crippen LogP contribution >= 0.6 is 0 Å². The Balaban J connectivity index is 1.85. The van der Waals surface area contributed by atoms with Crippen molar-refractivity contribution in [3.63, 3.8) is 0 Å². The molecule has 0 amide bonds. The summed E-state index contributed by atoms with van der Waals surface area (Å²) in [5, 5.41) is 19.0. The Morgan fingerprint density at radius 2 is 1.83 bits per heavy atom. The molecule has 2 N–H and O–H groups in total. The van der Waals surface area contributed by atoms with Crippen LogP contribution in [0.25, 0.3) is 16.6 Å². The molecule has 0 aliphatic rings. The van der Waals surface area contributed by atoms with E-state index < -0.39 is 0 Å². The summed E-state index contributed by atoms with van der Waals surface area (Å²) in [6, 6.07) is 17.3. The van der Waals surface area contributed by atoms with Crippen LogP contribution in [0, 0.1) is 6.92 Å². The quantitative estimate of drug-likeness (QED) is 0.598. The Morgan fingerprint density at radius 3 is 2.67 bits per heavy atom. The van der Waals surface area contributed by atoms with Gasteiger partial charge in [-0.15, -0.1) is 0 Å². The largest absolute Gasteiger partial charge is 0.508 e. The summed E-state index contributed by atoms with van der Waals surface area (Å²) < 4.78 is 1.86. The van der Waals surface area contributed by atoms with Crippen LogP contribution in [0.4, 0.5) is 5.82 Å². The molecule has 4 rings (SSSR count). The third-order valence-corrected chi connectivity index (χ3v) is 4.18. The van der Waals surface area contributed by atoms with E-state index in [4.69, 9.17) is 4.98 Å². The maximum Gasteiger partial charge on any atom is 0.158 e. The molecule has 120 valence electrons. The molecule has 0 aliphatic carbocycles. The number of benzene rings is 2. The number of aromatic nitrogens is 3. The minimum Gasteiger partial charge on any atom is -0.508 e. The third kappa shape index (κ3) is 2.34. The zero-order chi connectivity index (χ0) is 16.7. The van der Waals surface area contributed by atoms with E-state index in [1.807, 2.05) is 66.9 Å². The second-order valence-electron chi connectivity index (χ2n) is 5.96. The average molecular weight is 318 g/mol. The molecule has 4 aromatic rings. The van der Waals surface area contributed by atoms with Crippen LogP contribution in [-0.2, 0) is 0 Å². The number of nitrogens with one attached hydrogen (secondary N) is 1. The Labute approximate surface area is 139 Å². The molecule has 0 saturated heterocycles. The van der Waals surface area contributed by atoms with Gasteiger partial charge in [0.2, 0.25) is 0 Å². The molecule has 0 saturated carbocycles. The van der Waals surface area contributed by atoms with Gasteiger partial charge in [-0.25, -0.2) is 9.50 Å². The second-order valence-corrected chi connectivity index (χ2v) is 5.96. The number of phenolic OH excluding ortho intramolecular Hbond substituents is 1. The monoisotopic (exact) mass is 318 g/mol. The molecule has 2 aromatic heterocycles. The van der Waals surface area contributed by atoms with Gasteiger partial charge < -0.3 is 10.4 Å². The molecule has 0 bridgehead atoms. The van der Waals surface area contributed by atoms with Crippen LogP contribution in [0.3, 0.4) is 0 Å². The van der Waals surface area contributed by atoms with Crippen LogP contribution < -0.4 is 5.32 Å². The predicted octanol–water partition coefficient (Wildman–Crippen LogP) is 4.07. The van der Waals surface area contributed by atoms with E-state index in [-0.39, 0.29) is 11.8 Å². The molecule has 0 aliphatic heterocycles. The summed E-state index contributed by atoms with van der Waals surface area (Å²) in [5.74, 6) is 1.07. The Kier molecular flexibility index (Phi) is 3.34. The van der Waals surface area contributed by atoms with Gasteiger partial charge in [-0.1, -0.05) is 30.3 Å². The van der Waals surface area contributed by atoms with Crippen LogP contribution in [0.2, 0.25) is 0 Å². The summed E-state index contributed by atoms with van der Waals surface area (Å²) in [4.78, 5) is 4.73. The predicted molar refractivity (Wildman–Crippen MR) is 95.4 cm³/mol. The Morgan fingerprint density at radius 1 is 1.08 bits per heavy atom. The lowest BCUT2D eigenvalue weighted by Gasteiger charge is -2.18. The maximum absolute atomic E-state index is 10.1. The topological polar surface area (TPSA) is 62.5 Å². The van der Waals surface area contributed by atoms with Gasteiger partial charge in [-0.3, -0.25) is 0 Å². The molecule has 0 fully saturated rings. The molecular weight excluding hydrogens is 300 g/mol. The number of anilines is 1. The Bertz CT molecular complexity index is 1040. The van der Waals surface area contributed by atoms with Gasteiger partial charge in [0.15, 0.2) is 5.65 Å². The van der Waals surface area contributed by atoms with Gasteiger partial charge in [0.1, 0.15) is 11.6 Å². The molecule has 1 atom stereocenters. The van der Waals surface area contributed by atoms with Gasteiger partial charge in [0.25, 0.3) is 0 Å². The number of aromatic hydroxyl groups is 1. The fourth-order valence-corrected chi connectivity index (χ4v) is 3.02. The summed E-state index contributed by atoms with van der Waals surface area (Å²) in [6.45, 7) is 3.97. The van der Waals surface area contributed by atoms with Gasteiger partial charge in [-0.2, -0.15) is 5.10 Å². The highest BCUT2D eigenvalue weighted by Gasteiger charge is 2.14. The minimum absolute atomic E-state index is 0.0754. The number of nitrogens with zero attached hydrogens (tertiary/aromatic N) is 3. The fourth-order valence-electron chi connectivity index (χ4n) is 3.02. The van der Waals surface area contributed by atoms with Crippen molar-refractivity contribution in [1.82, 2.24) is 14.6 Å². The molecule has 24 heavy (non-hydrogen) atoms. The average Bonchev–Trinajstić information content (AvgIpc) is 2.96. The first kappa shape index (κ1) is 14.5. The first-order chi connectivity index (χ1) is 11.6. The summed E-state index contributed by atoms with van der Waals surface area (Å²) in [7, 11) is 0. The van der Waals surface area contributed by atoms with E-state index in [2.05, 4.69) is 10.4 Å². The van der Waals surface area contributed by atoms with E-state index in [1.165, 1.54) is 0 Å². The molecule has 2 aromatic carbocycles. The van der Waals surface area contributed by atoms with Gasteiger partial charge in [0.05, 0.1) is 17.3 Å². The van der Waals surface area contributed by atoms with Crippen molar-refractivity contribution in [2.45, 2.75) is 19.9 Å². The molecule has 2 heterocycles. The number of rotatable bonds is 3. The van der Waals surface area contributed by atoms with Crippen molar-refractivity contribution >= 4 is 22.4 Å². The zero-order valence-electron chi connectivity index (χ0n) is 13.6. The lowest BCUT2D eigenvalue weighted by atomic mass is 10.1. The standard InChI is InChI=1S/C19H18N4O/c1-12-11-18-21-19(15-8-3-5-9-16(15)23(18)22-12)20-13(2)14-7-4-6-10-17(14)24/h3-11,13,24H,1-2H3,(H,20,21)/t13-/m1/s1. The highest BCUT2D eigenvalue weighted by atomic mass is 16.3. The summed E-state index contributed by atoms with van der Waals surface area (Å²) >= 11 is 0. The highest BCUT2D eigenvalue weighted by molar-refractivity contribution is 5.91. The van der Waals surface area contributed by atoms with E-state index in [0.717, 1.165) is 33.6 Å². The highest BCUT2D eigenvalue weighted by Crippen LogP contribution is 2.29. The normalized spacial score (nSPS) is 12.6. The van der Waals surface area contributed by atoms with Crippen LogP contribution in [-0.4, -0.2) is 19.7 Å². The van der Waals surface area contributed by atoms with Crippen LogP contribution in [0.15, 0.2) is 54.6 Å². The van der Waals surface area contributed by atoms with E-state index in [1.54, 1.807) is 6.07 Å². The van der Waals surface area contributed by atoms with Crippen LogP contribution in [0.5, 0.6) is 5.75 Å². The van der Waals surface area contributed by atoms with E-state index >= 15 is 0 Å². The molecule has 5 heteroatoms. The minimum atomic E-state index is -0.0754. The third-order valence-electron chi connectivity index (χ3n) is 4.18. The number of fused-ring (bicyclic) bond motifs is 3. The molecular formula is C19H18N4O. The lowest BCUT2D eigenvalue weighted by molar-refractivity contribution is 0.465. The van der Waals surface area contributed by atoms with Crippen molar-refractivity contribution < 1.29 is 5.11 Å². The number of phenols is 1. The summed E-state index contributed by atoms with van der Waals surface area (Å²) in [6.07, 6.45) is 0.